The molecule has 30 heavy (non-hydrogen) atoms. The van der Waals surface area contributed by atoms with Gasteiger partial charge in [0, 0.05) is 37.2 Å². The molecule has 1 aromatic heterocycles. The highest BCUT2D eigenvalue weighted by Gasteiger charge is 2.06. The Kier molecular flexibility index (Phi) is 8.97. The number of aromatic nitrogens is 1. The molecule has 0 aliphatic rings. The second-order valence-corrected chi connectivity index (χ2v) is 6.82. The van der Waals surface area contributed by atoms with E-state index in [9.17, 15) is 4.79 Å². The Bertz CT molecular complexity index is 1020. The first-order valence-corrected chi connectivity index (χ1v) is 9.57. The van der Waals surface area contributed by atoms with Crippen LogP contribution < -0.4 is 21.1 Å². The summed E-state index contributed by atoms with van der Waals surface area (Å²) in [6.45, 7) is 3.33. The van der Waals surface area contributed by atoms with Crippen LogP contribution >= 0.6 is 24.0 Å². The highest BCUT2D eigenvalue weighted by molar-refractivity contribution is 14.0. The van der Waals surface area contributed by atoms with Gasteiger partial charge in [-0.1, -0.05) is 30.3 Å². The summed E-state index contributed by atoms with van der Waals surface area (Å²) in [5.41, 5.74) is 9.86. The van der Waals surface area contributed by atoms with Gasteiger partial charge in [0.1, 0.15) is 5.75 Å². The smallest absolute Gasteiger partial charge is 0.255 e. The third-order valence-electron chi connectivity index (χ3n) is 4.66. The largest absolute Gasteiger partial charge is 0.484 e. The van der Waals surface area contributed by atoms with Gasteiger partial charge in [0.05, 0.1) is 0 Å². The molecule has 7 nitrogen and oxygen atoms in total. The molecule has 3 rings (SSSR count). The topological polar surface area (TPSA) is 105 Å². The minimum Gasteiger partial charge on any atom is -0.484 e. The van der Waals surface area contributed by atoms with Crippen molar-refractivity contribution in [3.63, 3.8) is 0 Å². The fourth-order valence-corrected chi connectivity index (χ4v) is 3.19. The zero-order valence-electron chi connectivity index (χ0n) is 17.2. The first-order chi connectivity index (χ1) is 14.1. The Hall–Kier alpha value is -2.75. The summed E-state index contributed by atoms with van der Waals surface area (Å²) in [6, 6.07) is 13.9. The first-order valence-electron chi connectivity index (χ1n) is 9.57. The quantitative estimate of drug-likeness (QED) is 0.208. The number of guanidine groups is 1. The fraction of sp³-hybridized carbons (Fsp3) is 0.273. The van der Waals surface area contributed by atoms with E-state index in [2.05, 4.69) is 51.9 Å². The van der Waals surface area contributed by atoms with Crippen LogP contribution in [0.4, 0.5) is 0 Å². The van der Waals surface area contributed by atoms with Gasteiger partial charge in [-0.25, -0.2) is 0 Å². The molecule has 2 aromatic carbocycles. The minimum absolute atomic E-state index is 0. The maximum Gasteiger partial charge on any atom is 0.255 e. The van der Waals surface area contributed by atoms with Gasteiger partial charge in [-0.05, 0) is 42.2 Å². The van der Waals surface area contributed by atoms with Gasteiger partial charge < -0.3 is 26.1 Å². The second kappa shape index (κ2) is 11.4. The van der Waals surface area contributed by atoms with E-state index in [1.165, 1.54) is 22.0 Å². The molecule has 0 aliphatic carbocycles. The number of aromatic amines is 1. The molecule has 3 aromatic rings. The van der Waals surface area contributed by atoms with E-state index >= 15 is 0 Å². The zero-order chi connectivity index (χ0) is 20.6. The molecule has 1 heterocycles. The molecule has 0 bridgehead atoms. The van der Waals surface area contributed by atoms with Crippen LogP contribution in [0.25, 0.3) is 10.9 Å². The van der Waals surface area contributed by atoms with Crippen LogP contribution in [0.5, 0.6) is 5.75 Å². The number of ether oxygens (including phenoxy) is 1. The number of aliphatic imine (C=N–C) groups is 1. The number of nitrogens with two attached hydrogens (primary N) is 1. The van der Waals surface area contributed by atoms with Crippen LogP contribution in [0.15, 0.2) is 53.7 Å². The van der Waals surface area contributed by atoms with Crippen LogP contribution in [0, 0.1) is 6.92 Å². The van der Waals surface area contributed by atoms with Crippen molar-refractivity contribution < 1.29 is 9.53 Å². The number of rotatable bonds is 8. The third-order valence-corrected chi connectivity index (χ3v) is 4.66. The van der Waals surface area contributed by atoms with E-state index in [0.717, 1.165) is 24.5 Å². The minimum atomic E-state index is -0.497. The molecule has 0 atom stereocenters. The van der Waals surface area contributed by atoms with Gasteiger partial charge in [-0.15, -0.1) is 24.0 Å². The number of hydrogen-bond acceptors (Lipinski definition) is 3. The standard InChI is InChI=1S/C22H27N5O2.HI/c1-15-5-3-8-19-17(13-26-21(15)19)9-10-25-22(24-2)27-12-16-6-4-7-18(11-16)29-14-20(23)28;/h3-8,11,13,26H,9-10,12,14H2,1-2H3,(H2,23,28)(H2,24,25,27);1H. The van der Waals surface area contributed by atoms with Crippen molar-refractivity contribution in [1.29, 1.82) is 0 Å². The van der Waals surface area contributed by atoms with Crippen LogP contribution in [0.2, 0.25) is 0 Å². The van der Waals surface area contributed by atoms with Gasteiger partial charge in [0.25, 0.3) is 5.91 Å². The number of nitrogens with one attached hydrogen (secondary N) is 3. The van der Waals surface area contributed by atoms with E-state index < -0.39 is 5.91 Å². The summed E-state index contributed by atoms with van der Waals surface area (Å²) in [7, 11) is 1.75. The first kappa shape index (κ1) is 23.5. The summed E-state index contributed by atoms with van der Waals surface area (Å²) >= 11 is 0. The van der Waals surface area contributed by atoms with E-state index in [1.807, 2.05) is 18.2 Å². The van der Waals surface area contributed by atoms with Crippen molar-refractivity contribution in [3.05, 3.63) is 65.4 Å². The average Bonchev–Trinajstić information content (AvgIpc) is 3.14. The number of carbonyl (C=O) groups excluding carboxylic acids is 1. The fourth-order valence-electron chi connectivity index (χ4n) is 3.19. The number of nitrogens with zero attached hydrogens (tertiary/aromatic N) is 1. The SMILES string of the molecule is CN=C(NCCc1c[nH]c2c(C)cccc12)NCc1cccc(OCC(N)=O)c1.I. The number of para-hydroxylation sites is 1. The summed E-state index contributed by atoms with van der Waals surface area (Å²) in [5.74, 6) is 0.841. The van der Waals surface area contributed by atoms with Crippen molar-refractivity contribution >= 4 is 46.7 Å². The molecule has 0 unspecified atom stereocenters. The molecule has 0 saturated heterocycles. The molecule has 160 valence electrons. The van der Waals surface area contributed by atoms with Crippen LogP contribution in [-0.2, 0) is 17.8 Å². The van der Waals surface area contributed by atoms with Crippen LogP contribution in [0.3, 0.4) is 0 Å². The number of benzene rings is 2. The maximum absolute atomic E-state index is 10.8. The van der Waals surface area contributed by atoms with E-state index in [0.29, 0.717) is 12.3 Å². The van der Waals surface area contributed by atoms with Crippen LogP contribution in [-0.4, -0.2) is 37.1 Å². The summed E-state index contributed by atoms with van der Waals surface area (Å²) in [5, 5.41) is 7.90. The molecule has 1 amide bonds. The lowest BCUT2D eigenvalue weighted by Crippen LogP contribution is -2.37. The van der Waals surface area contributed by atoms with Gasteiger partial charge in [0.15, 0.2) is 12.6 Å². The molecule has 0 radical (unpaired) electrons. The lowest BCUT2D eigenvalue weighted by Gasteiger charge is -2.12. The predicted octanol–water partition coefficient (Wildman–Crippen LogP) is 2.87. The Morgan fingerprint density at radius 3 is 2.77 bits per heavy atom. The lowest BCUT2D eigenvalue weighted by atomic mass is 10.1. The number of fused-ring (bicyclic) bond motifs is 1. The van der Waals surface area contributed by atoms with Gasteiger partial charge in [0.2, 0.25) is 0 Å². The number of carbonyl (C=O) groups is 1. The number of aryl methyl sites for hydroxylation is 1. The second-order valence-electron chi connectivity index (χ2n) is 6.82. The number of amides is 1. The Balaban J connectivity index is 0.00000320. The van der Waals surface area contributed by atoms with Crippen molar-refractivity contribution in [2.45, 2.75) is 19.9 Å². The third kappa shape index (κ3) is 6.38. The van der Waals surface area contributed by atoms with Crippen molar-refractivity contribution in [1.82, 2.24) is 15.6 Å². The molecule has 0 saturated carbocycles. The lowest BCUT2D eigenvalue weighted by molar-refractivity contribution is -0.119. The number of halogens is 1. The number of H-pyrrole nitrogens is 1. The Morgan fingerprint density at radius 1 is 1.20 bits per heavy atom. The van der Waals surface area contributed by atoms with Crippen molar-refractivity contribution in [2.75, 3.05) is 20.2 Å². The maximum atomic E-state index is 10.8. The van der Waals surface area contributed by atoms with Gasteiger partial charge in [-0.2, -0.15) is 0 Å². The molecular weight excluding hydrogens is 493 g/mol. The summed E-state index contributed by atoms with van der Waals surface area (Å²) in [6.07, 6.45) is 2.97. The molecule has 0 aliphatic heterocycles. The molecule has 0 fully saturated rings. The van der Waals surface area contributed by atoms with Crippen LogP contribution in [0.1, 0.15) is 16.7 Å². The molecule has 0 spiro atoms. The zero-order valence-corrected chi connectivity index (χ0v) is 19.5. The van der Waals surface area contributed by atoms with Crippen molar-refractivity contribution in [2.24, 2.45) is 10.7 Å². The van der Waals surface area contributed by atoms with Gasteiger partial charge >= 0.3 is 0 Å². The Labute approximate surface area is 193 Å². The normalized spacial score (nSPS) is 11.1. The number of primary amides is 1. The van der Waals surface area contributed by atoms with E-state index in [1.54, 1.807) is 13.1 Å². The average molecular weight is 521 g/mol. The van der Waals surface area contributed by atoms with E-state index in [4.69, 9.17) is 10.5 Å². The van der Waals surface area contributed by atoms with E-state index in [-0.39, 0.29) is 30.6 Å². The monoisotopic (exact) mass is 521 g/mol. The Morgan fingerprint density at radius 2 is 2.00 bits per heavy atom. The summed E-state index contributed by atoms with van der Waals surface area (Å²) < 4.78 is 5.34. The predicted molar refractivity (Wildman–Crippen MR) is 131 cm³/mol. The molecular formula is C22H28IN5O2. The highest BCUT2D eigenvalue weighted by atomic mass is 127. The van der Waals surface area contributed by atoms with Crippen molar-refractivity contribution in [3.8, 4) is 5.75 Å². The summed E-state index contributed by atoms with van der Waals surface area (Å²) in [4.78, 5) is 18.5. The van der Waals surface area contributed by atoms with Gasteiger partial charge in [-0.3, -0.25) is 9.79 Å². The highest BCUT2D eigenvalue weighted by Crippen LogP contribution is 2.21. The molecule has 8 heteroatoms. The number of hydrogen-bond donors (Lipinski definition) is 4. The molecule has 5 N–H and O–H groups in total.